The molecular weight excluding hydrogens is 537 g/mol. The summed E-state index contributed by atoms with van der Waals surface area (Å²) in [4.78, 5) is 22.7. The molecule has 40 heavy (non-hydrogen) atoms. The molecule has 2 aromatic heterocycles. The standard InChI is InChI=1S/C27H34N5O7P/c1-18-8-10-20(11-9-18)14-36-40(34,37-15-22-24(39-19(2)38-22)21-6-4-3-5-7-21)17-35-13-12-32-16-29-23-25(32)30-27(28)31-26(23)33/h8-11,16,21H,2-7,12-15,17H2,1H3,(H3,28,30,31,33). The van der Waals surface area contributed by atoms with Gasteiger partial charge in [-0.25, -0.2) is 4.98 Å². The van der Waals surface area contributed by atoms with Crippen molar-refractivity contribution in [3.63, 3.8) is 0 Å². The van der Waals surface area contributed by atoms with Crippen molar-refractivity contribution < 1.29 is 27.8 Å². The van der Waals surface area contributed by atoms with E-state index >= 15 is 0 Å². The molecule has 0 spiro atoms. The summed E-state index contributed by atoms with van der Waals surface area (Å²) in [7, 11) is -3.74. The van der Waals surface area contributed by atoms with Crippen LogP contribution in [0.4, 0.5) is 5.95 Å². The second-order valence-electron chi connectivity index (χ2n) is 9.94. The molecule has 5 rings (SSSR count). The highest BCUT2D eigenvalue weighted by molar-refractivity contribution is 7.53. The van der Waals surface area contributed by atoms with Gasteiger partial charge in [0.05, 0.1) is 19.5 Å². The average Bonchev–Trinajstić information content (AvgIpc) is 3.53. The van der Waals surface area contributed by atoms with Crippen molar-refractivity contribution in [2.75, 3.05) is 25.3 Å². The highest BCUT2D eigenvalue weighted by Gasteiger charge is 2.33. The van der Waals surface area contributed by atoms with Gasteiger partial charge in [-0.2, -0.15) is 4.98 Å². The second kappa shape index (κ2) is 12.4. The predicted octanol–water partition coefficient (Wildman–Crippen LogP) is 4.72. The van der Waals surface area contributed by atoms with Crippen LogP contribution >= 0.6 is 7.60 Å². The zero-order chi connectivity index (χ0) is 28.1. The van der Waals surface area contributed by atoms with Gasteiger partial charge in [0.1, 0.15) is 13.0 Å². The van der Waals surface area contributed by atoms with E-state index in [9.17, 15) is 9.36 Å². The number of H-pyrrole nitrogens is 1. The quantitative estimate of drug-likeness (QED) is 0.231. The van der Waals surface area contributed by atoms with Crippen molar-refractivity contribution >= 4 is 24.7 Å². The molecule has 1 fully saturated rings. The van der Waals surface area contributed by atoms with Crippen LogP contribution in [0.3, 0.4) is 0 Å². The maximum absolute atomic E-state index is 13.8. The summed E-state index contributed by atoms with van der Waals surface area (Å²) in [5.74, 6) is 1.56. The van der Waals surface area contributed by atoms with E-state index in [0.29, 0.717) is 17.2 Å². The van der Waals surface area contributed by atoms with E-state index in [-0.39, 0.29) is 56.0 Å². The van der Waals surface area contributed by atoms with Gasteiger partial charge in [0.15, 0.2) is 22.7 Å². The van der Waals surface area contributed by atoms with Crippen LogP contribution in [0.25, 0.3) is 11.2 Å². The first-order chi connectivity index (χ1) is 19.3. The number of ether oxygens (including phenoxy) is 3. The summed E-state index contributed by atoms with van der Waals surface area (Å²) < 4.78 is 44.4. The average molecular weight is 572 g/mol. The van der Waals surface area contributed by atoms with E-state index in [4.69, 9.17) is 29.0 Å². The fraction of sp³-hybridized carbons (Fsp3) is 0.444. The molecule has 0 radical (unpaired) electrons. The van der Waals surface area contributed by atoms with Gasteiger partial charge in [-0.15, -0.1) is 0 Å². The zero-order valence-electron chi connectivity index (χ0n) is 22.5. The highest BCUT2D eigenvalue weighted by atomic mass is 31.2. The molecule has 3 N–H and O–H groups in total. The molecule has 1 saturated carbocycles. The molecule has 1 aliphatic heterocycles. The summed E-state index contributed by atoms with van der Waals surface area (Å²) in [6.45, 7) is 6.18. The van der Waals surface area contributed by atoms with Crippen LogP contribution in [-0.4, -0.2) is 39.1 Å². The molecule has 3 heterocycles. The number of nitrogen functional groups attached to an aromatic ring is 1. The molecule has 1 atom stereocenters. The number of benzene rings is 1. The van der Waals surface area contributed by atoms with Gasteiger partial charge in [-0.05, 0) is 31.9 Å². The van der Waals surface area contributed by atoms with Crippen LogP contribution in [0.15, 0.2) is 59.4 Å². The number of rotatable bonds is 12. The lowest BCUT2D eigenvalue weighted by Gasteiger charge is -2.22. The van der Waals surface area contributed by atoms with Gasteiger partial charge in [0, 0.05) is 12.5 Å². The minimum atomic E-state index is -3.74. The monoisotopic (exact) mass is 571 g/mol. The van der Waals surface area contributed by atoms with Crippen LogP contribution < -0.4 is 11.3 Å². The molecule has 13 heteroatoms. The Hall–Kier alpha value is -3.44. The van der Waals surface area contributed by atoms with Gasteiger partial charge in [-0.1, -0.05) is 49.1 Å². The van der Waals surface area contributed by atoms with Crippen LogP contribution in [0, 0.1) is 12.8 Å². The molecule has 2 aliphatic rings. The largest absolute Gasteiger partial charge is 0.427 e. The first kappa shape index (κ1) is 28.1. The smallest absolute Gasteiger partial charge is 0.356 e. The summed E-state index contributed by atoms with van der Waals surface area (Å²) in [6, 6.07) is 7.73. The molecule has 0 saturated heterocycles. The molecule has 0 bridgehead atoms. The number of imidazole rings is 1. The lowest BCUT2D eigenvalue weighted by Crippen LogP contribution is -2.14. The Morgan fingerprint density at radius 1 is 1.15 bits per heavy atom. The summed E-state index contributed by atoms with van der Waals surface area (Å²) in [6.07, 6.45) is 6.61. The van der Waals surface area contributed by atoms with Gasteiger partial charge >= 0.3 is 7.60 Å². The summed E-state index contributed by atoms with van der Waals surface area (Å²) in [5.41, 5.74) is 7.71. The number of nitrogens with zero attached hydrogens (tertiary/aromatic N) is 3. The van der Waals surface area contributed by atoms with E-state index in [2.05, 4.69) is 21.5 Å². The van der Waals surface area contributed by atoms with Crippen molar-refractivity contribution in [3.8, 4) is 0 Å². The zero-order valence-corrected chi connectivity index (χ0v) is 23.4. The fourth-order valence-electron chi connectivity index (χ4n) is 4.76. The van der Waals surface area contributed by atoms with Crippen LogP contribution in [0.2, 0.25) is 0 Å². The minimum absolute atomic E-state index is 0.00901. The number of allylic oxidation sites excluding steroid dienone is 1. The number of aryl methyl sites for hydroxylation is 1. The maximum atomic E-state index is 13.8. The third-order valence-electron chi connectivity index (χ3n) is 6.87. The minimum Gasteiger partial charge on any atom is -0.427 e. The van der Waals surface area contributed by atoms with E-state index in [1.807, 2.05) is 31.2 Å². The van der Waals surface area contributed by atoms with Crippen LogP contribution in [-0.2, 0) is 41.0 Å². The number of hydrogen-bond acceptors (Lipinski definition) is 10. The highest BCUT2D eigenvalue weighted by Crippen LogP contribution is 2.50. The Kier molecular flexibility index (Phi) is 8.70. The molecule has 12 nitrogen and oxygen atoms in total. The van der Waals surface area contributed by atoms with E-state index in [0.717, 1.165) is 36.8 Å². The fourth-order valence-corrected chi connectivity index (χ4v) is 6.00. The number of hydrogen-bond donors (Lipinski definition) is 2. The van der Waals surface area contributed by atoms with Gasteiger partial charge in [0.25, 0.3) is 11.5 Å². The predicted molar refractivity (Wildman–Crippen MR) is 148 cm³/mol. The molecule has 0 amide bonds. The Morgan fingerprint density at radius 3 is 2.67 bits per heavy atom. The molecular formula is C27H34N5O7P. The summed E-state index contributed by atoms with van der Waals surface area (Å²) in [5, 5.41) is 0. The maximum Gasteiger partial charge on any atom is 0.356 e. The first-order valence-electron chi connectivity index (χ1n) is 13.3. The molecule has 3 aromatic rings. The first-order valence-corrected chi connectivity index (χ1v) is 15.0. The molecule has 214 valence electrons. The molecule has 1 aromatic carbocycles. The third kappa shape index (κ3) is 6.82. The van der Waals surface area contributed by atoms with Crippen molar-refractivity contribution in [1.29, 1.82) is 0 Å². The Morgan fingerprint density at radius 2 is 1.90 bits per heavy atom. The van der Waals surface area contributed by atoms with Gasteiger partial charge < -0.3 is 29.0 Å². The molecule has 1 aliphatic carbocycles. The Balaban J connectivity index is 1.25. The lowest BCUT2D eigenvalue weighted by molar-refractivity contribution is 0.114. The van der Waals surface area contributed by atoms with Crippen molar-refractivity contribution in [2.45, 2.75) is 52.2 Å². The SMILES string of the molecule is C=C1OC(COP(=O)(COCCn2cnc3c(=O)[nH]c(N)nc32)OCc2ccc(C)cc2)=C(C2CCCCC2)O1. The van der Waals surface area contributed by atoms with Crippen molar-refractivity contribution in [1.82, 2.24) is 19.5 Å². The number of aromatic amines is 1. The normalized spacial score (nSPS) is 17.7. The number of nitrogens with two attached hydrogens (primary N) is 1. The number of fused-ring (bicyclic) bond motifs is 1. The van der Waals surface area contributed by atoms with Crippen LogP contribution in [0.1, 0.15) is 43.2 Å². The molecule has 1 unspecified atom stereocenters. The van der Waals surface area contributed by atoms with Gasteiger partial charge in [0.2, 0.25) is 5.95 Å². The van der Waals surface area contributed by atoms with Crippen molar-refractivity contribution in [2.24, 2.45) is 5.92 Å². The van der Waals surface area contributed by atoms with E-state index in [1.54, 1.807) is 4.57 Å². The third-order valence-corrected chi connectivity index (χ3v) is 8.42. The van der Waals surface area contributed by atoms with E-state index < -0.39 is 13.2 Å². The Bertz CT molecular complexity index is 1490. The number of nitrogens with one attached hydrogen (secondary N) is 1. The van der Waals surface area contributed by atoms with E-state index in [1.165, 1.54) is 12.7 Å². The summed E-state index contributed by atoms with van der Waals surface area (Å²) >= 11 is 0. The number of aromatic nitrogens is 4. The van der Waals surface area contributed by atoms with Crippen LogP contribution in [0.5, 0.6) is 0 Å². The lowest BCUT2D eigenvalue weighted by atomic mass is 9.87. The van der Waals surface area contributed by atoms with Crippen molar-refractivity contribution in [3.05, 3.63) is 76.1 Å². The second-order valence-corrected chi connectivity index (χ2v) is 11.9. The topological polar surface area (TPSA) is 153 Å². The Labute approximate surface area is 231 Å². The number of anilines is 1. The van der Waals surface area contributed by atoms with Gasteiger partial charge in [-0.3, -0.25) is 18.9 Å².